The van der Waals surface area contributed by atoms with Gasteiger partial charge in [0.2, 0.25) is 17.7 Å². The molecule has 3 rings (SSSR count). The lowest BCUT2D eigenvalue weighted by Crippen LogP contribution is -2.43. The molecular weight excluding hydrogens is 378 g/mol. The maximum atomic E-state index is 13.7. The van der Waals surface area contributed by atoms with Gasteiger partial charge >= 0.3 is 0 Å². The third kappa shape index (κ3) is 4.27. The van der Waals surface area contributed by atoms with E-state index in [0.29, 0.717) is 12.5 Å². The van der Waals surface area contributed by atoms with Crippen molar-refractivity contribution in [3.8, 4) is 0 Å². The fourth-order valence-electron chi connectivity index (χ4n) is 4.23. The van der Waals surface area contributed by atoms with Gasteiger partial charge in [-0.2, -0.15) is 0 Å². The van der Waals surface area contributed by atoms with Crippen molar-refractivity contribution in [2.45, 2.75) is 45.6 Å². The Labute approximate surface area is 177 Å². The average Bonchev–Trinajstić information content (AvgIpc) is 2.93. The van der Waals surface area contributed by atoms with Crippen molar-refractivity contribution in [3.63, 3.8) is 0 Å². The second kappa shape index (κ2) is 8.78. The monoisotopic (exact) mass is 407 g/mol. The molecule has 1 aliphatic heterocycles. The minimum absolute atomic E-state index is 0.00300. The molecule has 158 valence electrons. The zero-order valence-corrected chi connectivity index (χ0v) is 18.1. The van der Waals surface area contributed by atoms with Gasteiger partial charge in [0.1, 0.15) is 0 Å². The number of likely N-dealkylation sites (tertiary alicyclic amines) is 1. The summed E-state index contributed by atoms with van der Waals surface area (Å²) in [6.07, 6.45) is 3.26. The summed E-state index contributed by atoms with van der Waals surface area (Å²) in [6.45, 7) is 6.79. The van der Waals surface area contributed by atoms with E-state index in [1.165, 1.54) is 4.90 Å². The van der Waals surface area contributed by atoms with Crippen molar-refractivity contribution in [1.82, 2.24) is 14.8 Å². The molecule has 2 heterocycles. The number of imide groups is 1. The highest BCUT2D eigenvalue weighted by atomic mass is 16.2. The first-order valence-corrected chi connectivity index (χ1v) is 10.3. The predicted octanol–water partition coefficient (Wildman–Crippen LogP) is 3.09. The molecule has 0 aliphatic carbocycles. The fourth-order valence-corrected chi connectivity index (χ4v) is 4.23. The maximum absolute atomic E-state index is 13.7. The van der Waals surface area contributed by atoms with E-state index < -0.39 is 5.41 Å². The van der Waals surface area contributed by atoms with Crippen LogP contribution in [0.25, 0.3) is 0 Å². The topological polar surface area (TPSA) is 70.6 Å². The fraction of sp³-hybridized carbons (Fsp3) is 0.417. The lowest BCUT2D eigenvalue weighted by molar-refractivity contribution is -0.143. The summed E-state index contributed by atoms with van der Waals surface area (Å²) < 4.78 is 0. The molecule has 1 fully saturated rings. The molecule has 1 atom stereocenters. The Morgan fingerprint density at radius 3 is 2.47 bits per heavy atom. The first kappa shape index (κ1) is 21.7. The lowest BCUT2D eigenvalue weighted by Gasteiger charge is -2.31. The second-order valence-electron chi connectivity index (χ2n) is 8.56. The minimum atomic E-state index is -1.17. The van der Waals surface area contributed by atoms with Crippen LogP contribution in [-0.4, -0.2) is 46.1 Å². The number of nitrogens with zero attached hydrogens (tertiary/aromatic N) is 3. The highest BCUT2D eigenvalue weighted by Gasteiger charge is 2.54. The molecular formula is C24H29N3O3. The van der Waals surface area contributed by atoms with E-state index in [9.17, 15) is 14.4 Å². The van der Waals surface area contributed by atoms with Crippen LogP contribution < -0.4 is 0 Å². The summed E-state index contributed by atoms with van der Waals surface area (Å²) in [5.41, 5.74) is 1.32. The summed E-state index contributed by atoms with van der Waals surface area (Å²) in [6, 6.07) is 11.1. The third-order valence-corrected chi connectivity index (χ3v) is 5.68. The largest absolute Gasteiger partial charge is 0.345 e. The molecule has 0 bridgehead atoms. The van der Waals surface area contributed by atoms with Gasteiger partial charge in [-0.1, -0.05) is 38.1 Å². The molecule has 0 saturated carbocycles. The van der Waals surface area contributed by atoms with Gasteiger partial charge in [-0.05, 0) is 41.7 Å². The summed E-state index contributed by atoms with van der Waals surface area (Å²) in [5.74, 6) is -0.361. The molecule has 1 saturated heterocycles. The minimum Gasteiger partial charge on any atom is -0.345 e. The lowest BCUT2D eigenvalue weighted by atomic mass is 9.74. The van der Waals surface area contributed by atoms with Gasteiger partial charge in [0.05, 0.1) is 12.0 Å². The SMILES string of the molecule is Cc1ccccc1[C@@]1(CC(=O)N(C)CC(C)C)CC(=O)N(Cc2ccncc2)C1=O. The van der Waals surface area contributed by atoms with Crippen molar-refractivity contribution >= 4 is 17.7 Å². The third-order valence-electron chi connectivity index (χ3n) is 5.68. The van der Waals surface area contributed by atoms with Crippen LogP contribution in [0.3, 0.4) is 0 Å². The van der Waals surface area contributed by atoms with Gasteiger partial charge in [-0.25, -0.2) is 0 Å². The van der Waals surface area contributed by atoms with E-state index in [1.807, 2.05) is 45.0 Å². The van der Waals surface area contributed by atoms with Crippen LogP contribution in [0.2, 0.25) is 0 Å². The average molecular weight is 408 g/mol. The normalized spacial score (nSPS) is 18.9. The van der Waals surface area contributed by atoms with Crippen LogP contribution >= 0.6 is 0 Å². The van der Waals surface area contributed by atoms with E-state index in [4.69, 9.17) is 0 Å². The van der Waals surface area contributed by atoms with Crippen molar-refractivity contribution in [1.29, 1.82) is 0 Å². The Balaban J connectivity index is 1.98. The standard InChI is InChI=1S/C24H29N3O3/c1-17(2)15-26(4)21(28)13-24(20-8-6-5-7-18(20)3)14-22(29)27(23(24)30)16-19-9-11-25-12-10-19/h5-12,17H,13-16H2,1-4H3/t24-/m1/s1. The Kier molecular flexibility index (Phi) is 6.34. The van der Waals surface area contributed by atoms with Gasteiger partial charge in [0.15, 0.2) is 0 Å². The molecule has 3 amide bonds. The van der Waals surface area contributed by atoms with Gasteiger partial charge in [0, 0.05) is 38.8 Å². The molecule has 0 unspecified atom stereocenters. The number of aromatic nitrogens is 1. The number of benzene rings is 1. The zero-order chi connectivity index (χ0) is 21.9. The number of aryl methyl sites for hydroxylation is 1. The molecule has 6 nitrogen and oxygen atoms in total. The van der Waals surface area contributed by atoms with Crippen molar-refractivity contribution in [2.24, 2.45) is 5.92 Å². The van der Waals surface area contributed by atoms with Crippen LogP contribution in [0, 0.1) is 12.8 Å². The summed E-state index contributed by atoms with van der Waals surface area (Å²) in [7, 11) is 1.75. The molecule has 2 aromatic rings. The summed E-state index contributed by atoms with van der Waals surface area (Å²) >= 11 is 0. The molecule has 1 aromatic heterocycles. The number of amides is 3. The number of hydrogen-bond acceptors (Lipinski definition) is 4. The first-order valence-electron chi connectivity index (χ1n) is 10.3. The molecule has 0 spiro atoms. The van der Waals surface area contributed by atoms with Crippen molar-refractivity contribution in [3.05, 3.63) is 65.5 Å². The maximum Gasteiger partial charge on any atom is 0.241 e. The van der Waals surface area contributed by atoms with Crippen LogP contribution in [0.1, 0.15) is 43.4 Å². The Morgan fingerprint density at radius 2 is 1.83 bits per heavy atom. The molecule has 1 aliphatic rings. The van der Waals surface area contributed by atoms with E-state index in [2.05, 4.69) is 4.98 Å². The number of carbonyl (C=O) groups is 3. The number of carbonyl (C=O) groups excluding carboxylic acids is 3. The second-order valence-corrected chi connectivity index (χ2v) is 8.56. The first-order chi connectivity index (χ1) is 14.2. The van der Waals surface area contributed by atoms with Gasteiger partial charge < -0.3 is 4.90 Å². The summed E-state index contributed by atoms with van der Waals surface area (Å²) in [4.78, 5) is 46.7. The zero-order valence-electron chi connectivity index (χ0n) is 18.1. The highest BCUT2D eigenvalue weighted by Crippen LogP contribution is 2.42. The predicted molar refractivity (Wildman–Crippen MR) is 114 cm³/mol. The Hall–Kier alpha value is -3.02. The number of pyridine rings is 1. The van der Waals surface area contributed by atoms with Crippen molar-refractivity contribution in [2.75, 3.05) is 13.6 Å². The van der Waals surface area contributed by atoms with Crippen LogP contribution in [-0.2, 0) is 26.3 Å². The van der Waals surface area contributed by atoms with E-state index in [-0.39, 0.29) is 37.1 Å². The van der Waals surface area contributed by atoms with Gasteiger partial charge in [-0.15, -0.1) is 0 Å². The molecule has 30 heavy (non-hydrogen) atoms. The Morgan fingerprint density at radius 1 is 1.17 bits per heavy atom. The highest BCUT2D eigenvalue weighted by molar-refractivity contribution is 6.10. The summed E-state index contributed by atoms with van der Waals surface area (Å²) in [5, 5.41) is 0. The Bertz CT molecular complexity index is 942. The van der Waals surface area contributed by atoms with Crippen LogP contribution in [0.4, 0.5) is 0 Å². The molecule has 0 N–H and O–H groups in total. The van der Waals surface area contributed by atoms with Gasteiger partial charge in [-0.3, -0.25) is 24.3 Å². The molecule has 0 radical (unpaired) electrons. The number of rotatable bonds is 7. The number of hydrogen-bond donors (Lipinski definition) is 0. The van der Waals surface area contributed by atoms with Crippen molar-refractivity contribution < 1.29 is 14.4 Å². The van der Waals surface area contributed by atoms with Gasteiger partial charge in [0.25, 0.3) is 0 Å². The molecule has 6 heteroatoms. The van der Waals surface area contributed by atoms with Crippen LogP contribution in [0.15, 0.2) is 48.8 Å². The molecule has 1 aromatic carbocycles. The van der Waals surface area contributed by atoms with Crippen LogP contribution in [0.5, 0.6) is 0 Å². The van der Waals surface area contributed by atoms with E-state index in [1.54, 1.807) is 36.5 Å². The smallest absolute Gasteiger partial charge is 0.241 e. The van der Waals surface area contributed by atoms with E-state index in [0.717, 1.165) is 16.7 Å². The quantitative estimate of drug-likeness (QED) is 0.662. The van der Waals surface area contributed by atoms with E-state index >= 15 is 0 Å².